The summed E-state index contributed by atoms with van der Waals surface area (Å²) in [6.07, 6.45) is 7.72. The average molecular weight is 547 g/mol. The van der Waals surface area contributed by atoms with Crippen LogP contribution >= 0.6 is 23.4 Å². The fourth-order valence-corrected chi connectivity index (χ4v) is 8.62. The van der Waals surface area contributed by atoms with E-state index < -0.39 is 22.6 Å². The number of para-hydroxylation sites is 1. The van der Waals surface area contributed by atoms with Crippen molar-refractivity contribution in [1.29, 1.82) is 0 Å². The van der Waals surface area contributed by atoms with Crippen molar-refractivity contribution in [1.82, 2.24) is 4.90 Å². The third-order valence-corrected chi connectivity index (χ3v) is 9.95. The van der Waals surface area contributed by atoms with Gasteiger partial charge in [0.05, 0.1) is 27.3 Å². The Bertz CT molecular complexity index is 1050. The zero-order valence-corrected chi connectivity index (χ0v) is 22.6. The molecule has 3 aliphatic rings. The Morgan fingerprint density at radius 3 is 2.68 bits per heavy atom. The van der Waals surface area contributed by atoms with Crippen molar-refractivity contribution in [3.8, 4) is 0 Å². The van der Waals surface area contributed by atoms with Gasteiger partial charge in [-0.05, 0) is 37.8 Å². The summed E-state index contributed by atoms with van der Waals surface area (Å²) in [5, 5.41) is 9.50. The number of benzene rings is 1. The molecule has 0 aromatic heterocycles. The molecule has 1 N–H and O–H groups in total. The highest BCUT2D eigenvalue weighted by molar-refractivity contribution is 8.02. The fraction of sp³-hybridized carbons (Fsp3) is 0.536. The number of carbonyl (C=O) groups excluding carboxylic acids is 3. The van der Waals surface area contributed by atoms with E-state index in [-0.39, 0.29) is 42.8 Å². The van der Waals surface area contributed by atoms with Crippen LogP contribution in [0.2, 0.25) is 5.02 Å². The molecule has 1 spiro atoms. The van der Waals surface area contributed by atoms with Crippen LogP contribution in [0.25, 0.3) is 0 Å². The van der Waals surface area contributed by atoms with Crippen molar-refractivity contribution in [2.75, 3.05) is 31.2 Å². The van der Waals surface area contributed by atoms with Crippen LogP contribution in [0.1, 0.15) is 38.5 Å². The molecule has 0 aliphatic carbocycles. The maximum atomic E-state index is 14.4. The summed E-state index contributed by atoms with van der Waals surface area (Å²) in [6.45, 7) is 8.36. The number of anilines is 1. The zero-order valence-electron chi connectivity index (χ0n) is 21.0. The number of halogens is 1. The third kappa shape index (κ3) is 5.08. The van der Waals surface area contributed by atoms with Gasteiger partial charge in [-0.25, -0.2) is 0 Å². The number of unbranched alkanes of at least 4 members (excludes halogenated alkanes) is 3. The second-order valence-electron chi connectivity index (χ2n) is 9.83. The number of ether oxygens (including phenoxy) is 1. The maximum absolute atomic E-state index is 14.4. The summed E-state index contributed by atoms with van der Waals surface area (Å²) in [7, 11) is 0. The zero-order chi connectivity index (χ0) is 26.6. The number of amides is 2. The fourth-order valence-electron chi connectivity index (χ4n) is 6.18. The molecule has 7 nitrogen and oxygen atoms in total. The Hall–Kier alpha value is -2.29. The van der Waals surface area contributed by atoms with Crippen LogP contribution < -0.4 is 4.90 Å². The standard InChI is InChI=1S/C28H35ClN2O5S/c1-3-15-30(20-12-8-7-11-19(20)29)26(34)24-28-14-13-21(37-28)22(27(35)36-18-4-2)23(28)25(33)31(24)16-9-5-6-10-17-32/h3-4,7-8,11-12,21-24,32H,1-2,5-6,9-10,13-18H2/t21-,22+,23-,24?,28?/m0/s1. The lowest BCUT2D eigenvalue weighted by atomic mass is 9.71. The van der Waals surface area contributed by atoms with Crippen LogP contribution in [0.4, 0.5) is 5.69 Å². The van der Waals surface area contributed by atoms with Gasteiger partial charge in [0.15, 0.2) is 0 Å². The number of aliphatic hydroxyl groups is 1. The quantitative estimate of drug-likeness (QED) is 0.226. The first-order valence-corrected chi connectivity index (χ1v) is 14.2. The summed E-state index contributed by atoms with van der Waals surface area (Å²) in [4.78, 5) is 44.8. The first kappa shape index (κ1) is 27.7. The predicted octanol–water partition coefficient (Wildman–Crippen LogP) is 4.23. The highest BCUT2D eigenvalue weighted by atomic mass is 35.5. The first-order valence-electron chi connectivity index (χ1n) is 12.9. The van der Waals surface area contributed by atoms with Crippen molar-refractivity contribution in [3.05, 3.63) is 54.6 Å². The second kappa shape index (κ2) is 12.0. The van der Waals surface area contributed by atoms with Crippen LogP contribution in [0.15, 0.2) is 49.6 Å². The second-order valence-corrected chi connectivity index (χ2v) is 11.8. The molecule has 4 rings (SSSR count). The molecule has 2 unspecified atom stereocenters. The Morgan fingerprint density at radius 2 is 1.97 bits per heavy atom. The van der Waals surface area contributed by atoms with Crippen LogP contribution in [0.5, 0.6) is 0 Å². The van der Waals surface area contributed by atoms with Gasteiger partial charge in [-0.3, -0.25) is 14.4 Å². The van der Waals surface area contributed by atoms with E-state index in [9.17, 15) is 14.4 Å². The van der Waals surface area contributed by atoms with Crippen molar-refractivity contribution in [2.24, 2.45) is 11.8 Å². The van der Waals surface area contributed by atoms with Gasteiger partial charge in [-0.1, -0.05) is 55.3 Å². The van der Waals surface area contributed by atoms with Crippen LogP contribution in [0.3, 0.4) is 0 Å². The van der Waals surface area contributed by atoms with E-state index in [4.69, 9.17) is 21.4 Å². The average Bonchev–Trinajstić information content (AvgIpc) is 3.53. The first-order chi connectivity index (χ1) is 17.9. The Morgan fingerprint density at radius 1 is 1.22 bits per heavy atom. The van der Waals surface area contributed by atoms with E-state index in [2.05, 4.69) is 13.2 Å². The molecule has 0 saturated carbocycles. The SMILES string of the molecule is C=CCOC(=O)[C@@H]1[C@@H]2CCC3(S2)C(C(=O)N(CC=C)c2ccccc2Cl)N(CCCCCCO)C(=O)[C@H]13. The monoisotopic (exact) mass is 546 g/mol. The van der Waals surface area contributed by atoms with Crippen molar-refractivity contribution in [2.45, 2.75) is 54.6 Å². The van der Waals surface area contributed by atoms with Gasteiger partial charge in [-0.2, -0.15) is 0 Å². The number of esters is 1. The number of hydrogen-bond donors (Lipinski definition) is 1. The minimum Gasteiger partial charge on any atom is -0.461 e. The molecule has 2 bridgehead atoms. The number of fused-ring (bicyclic) bond motifs is 1. The lowest BCUT2D eigenvalue weighted by Gasteiger charge is -2.37. The number of carbonyl (C=O) groups is 3. The Kier molecular flexibility index (Phi) is 9.03. The third-order valence-electron chi connectivity index (χ3n) is 7.68. The number of rotatable bonds is 13. The summed E-state index contributed by atoms with van der Waals surface area (Å²) in [6, 6.07) is 6.45. The van der Waals surface area contributed by atoms with Crippen molar-refractivity contribution in [3.63, 3.8) is 0 Å². The Balaban J connectivity index is 1.70. The topological polar surface area (TPSA) is 87.2 Å². The van der Waals surface area contributed by atoms with E-state index >= 15 is 0 Å². The van der Waals surface area contributed by atoms with E-state index in [1.165, 1.54) is 6.08 Å². The lowest BCUT2D eigenvalue weighted by Crippen LogP contribution is -2.55. The Labute approximate surface area is 227 Å². The molecule has 3 fully saturated rings. The highest BCUT2D eigenvalue weighted by Gasteiger charge is 2.74. The van der Waals surface area contributed by atoms with Crippen LogP contribution in [-0.2, 0) is 19.1 Å². The van der Waals surface area contributed by atoms with E-state index in [1.54, 1.807) is 39.8 Å². The lowest BCUT2D eigenvalue weighted by molar-refractivity contribution is -0.153. The number of thioether (sulfide) groups is 1. The molecule has 9 heteroatoms. The smallest absolute Gasteiger partial charge is 0.311 e. The van der Waals surface area contributed by atoms with E-state index in [0.29, 0.717) is 36.5 Å². The van der Waals surface area contributed by atoms with Crippen LogP contribution in [0, 0.1) is 11.8 Å². The van der Waals surface area contributed by atoms with Gasteiger partial charge in [0.1, 0.15) is 12.6 Å². The number of nitrogens with zero attached hydrogens (tertiary/aromatic N) is 2. The highest BCUT2D eigenvalue weighted by Crippen LogP contribution is 2.66. The molecule has 3 saturated heterocycles. The minimum absolute atomic E-state index is 0.0542. The molecule has 5 atom stereocenters. The van der Waals surface area contributed by atoms with Crippen molar-refractivity contribution >= 4 is 46.8 Å². The van der Waals surface area contributed by atoms with E-state index in [1.807, 2.05) is 12.1 Å². The summed E-state index contributed by atoms with van der Waals surface area (Å²) in [5.41, 5.74) is 0.573. The van der Waals surface area contributed by atoms with Crippen molar-refractivity contribution < 1.29 is 24.2 Å². The number of hydrogen-bond acceptors (Lipinski definition) is 6. The molecule has 3 heterocycles. The molecule has 0 radical (unpaired) electrons. The van der Waals surface area contributed by atoms with Gasteiger partial charge in [0.2, 0.25) is 5.91 Å². The molecular weight excluding hydrogens is 512 g/mol. The molecule has 200 valence electrons. The van der Waals surface area contributed by atoms with Crippen LogP contribution in [-0.4, -0.2) is 70.1 Å². The van der Waals surface area contributed by atoms with Gasteiger partial charge in [0.25, 0.3) is 5.91 Å². The summed E-state index contributed by atoms with van der Waals surface area (Å²) in [5.74, 6) is -1.91. The van der Waals surface area contributed by atoms with Gasteiger partial charge in [0, 0.05) is 24.9 Å². The largest absolute Gasteiger partial charge is 0.461 e. The number of aliphatic hydroxyl groups excluding tert-OH is 1. The molecule has 2 amide bonds. The molecule has 1 aromatic rings. The molecule has 3 aliphatic heterocycles. The van der Waals surface area contributed by atoms with Gasteiger partial charge < -0.3 is 19.6 Å². The maximum Gasteiger partial charge on any atom is 0.311 e. The number of likely N-dealkylation sites (tertiary alicyclic amines) is 1. The normalized spacial score (nSPS) is 27.7. The molecular formula is C28H35ClN2O5S. The molecule has 37 heavy (non-hydrogen) atoms. The minimum atomic E-state index is -0.716. The van der Waals surface area contributed by atoms with Gasteiger partial charge >= 0.3 is 5.97 Å². The summed E-state index contributed by atoms with van der Waals surface area (Å²) >= 11 is 8.12. The van der Waals surface area contributed by atoms with E-state index in [0.717, 1.165) is 19.3 Å². The predicted molar refractivity (Wildman–Crippen MR) is 147 cm³/mol. The molecule has 1 aromatic carbocycles. The summed E-state index contributed by atoms with van der Waals surface area (Å²) < 4.78 is 4.73. The van der Waals surface area contributed by atoms with Gasteiger partial charge in [-0.15, -0.1) is 18.3 Å².